The molecule has 0 bridgehead atoms. The van der Waals surface area contributed by atoms with Gasteiger partial charge in [-0.3, -0.25) is 4.79 Å². The average molecular weight is 434 g/mol. The van der Waals surface area contributed by atoms with E-state index in [-0.39, 0.29) is 4.90 Å². The molecule has 0 aromatic heterocycles. The number of carbonyl (C=O) groups is 1. The monoisotopic (exact) mass is 433 g/mol. The fourth-order valence-corrected chi connectivity index (χ4v) is 4.39. The lowest BCUT2D eigenvalue weighted by Gasteiger charge is -2.29. The second kappa shape index (κ2) is 9.57. The lowest BCUT2D eigenvalue weighted by atomic mass is 10.1. The van der Waals surface area contributed by atoms with Crippen LogP contribution in [0.1, 0.15) is 12.5 Å². The van der Waals surface area contributed by atoms with Gasteiger partial charge in [-0.15, -0.1) is 0 Å². The zero-order chi connectivity index (χ0) is 21.7. The second-order valence-corrected chi connectivity index (χ2v) is 9.00. The maximum Gasteiger partial charge on any atom is 0.245 e. The third kappa shape index (κ3) is 5.57. The number of hydrogen-bond donors (Lipinski definition) is 3. The zero-order valence-electron chi connectivity index (χ0n) is 17.0. The van der Waals surface area contributed by atoms with Crippen molar-refractivity contribution in [2.24, 2.45) is 0 Å². The molecule has 1 aliphatic heterocycles. The Morgan fingerprint density at radius 3 is 2.23 bits per heavy atom. The lowest BCUT2D eigenvalue weighted by molar-refractivity contribution is -0.119. The second-order valence-electron chi connectivity index (χ2n) is 7.29. The van der Waals surface area contributed by atoms with E-state index in [1.54, 1.807) is 24.3 Å². The zero-order valence-corrected chi connectivity index (χ0v) is 17.9. The van der Waals surface area contributed by atoms with Crippen LogP contribution in [0.25, 0.3) is 0 Å². The van der Waals surface area contributed by atoms with Crippen molar-refractivity contribution < 1.29 is 23.1 Å². The van der Waals surface area contributed by atoms with Gasteiger partial charge in [0.2, 0.25) is 15.9 Å². The first-order valence-electron chi connectivity index (χ1n) is 9.77. The smallest absolute Gasteiger partial charge is 0.245 e. The predicted octanol–water partition coefficient (Wildman–Crippen LogP) is 1.50. The van der Waals surface area contributed by atoms with Crippen molar-refractivity contribution in [2.45, 2.75) is 30.9 Å². The fraction of sp³-hybridized carbons (Fsp3) is 0.381. The highest BCUT2D eigenvalue weighted by Gasteiger charge is 2.29. The summed E-state index contributed by atoms with van der Waals surface area (Å²) >= 11 is 0. The summed E-state index contributed by atoms with van der Waals surface area (Å²) in [5, 5.41) is 12.7. The summed E-state index contributed by atoms with van der Waals surface area (Å²) < 4.78 is 32.9. The molecule has 9 heteroatoms. The van der Waals surface area contributed by atoms with Gasteiger partial charge >= 0.3 is 0 Å². The number of ether oxygens (including phenoxy) is 1. The third-order valence-corrected chi connectivity index (χ3v) is 6.35. The molecule has 162 valence electrons. The summed E-state index contributed by atoms with van der Waals surface area (Å²) in [6, 6.07) is 12.2. The van der Waals surface area contributed by atoms with Crippen LogP contribution in [0.5, 0.6) is 0 Å². The number of sulfonamides is 1. The van der Waals surface area contributed by atoms with Crippen molar-refractivity contribution in [3.8, 4) is 0 Å². The summed E-state index contributed by atoms with van der Waals surface area (Å²) in [7, 11) is -3.97. The molecule has 2 atom stereocenters. The van der Waals surface area contributed by atoms with Crippen LogP contribution in [0.3, 0.4) is 0 Å². The van der Waals surface area contributed by atoms with E-state index in [4.69, 9.17) is 4.74 Å². The summed E-state index contributed by atoms with van der Waals surface area (Å²) in [5.41, 5.74) is 2.44. The number of amides is 1. The van der Waals surface area contributed by atoms with Gasteiger partial charge in [-0.05, 0) is 50.2 Å². The van der Waals surface area contributed by atoms with Crippen molar-refractivity contribution in [1.82, 2.24) is 4.72 Å². The Balaban J connectivity index is 1.68. The van der Waals surface area contributed by atoms with Gasteiger partial charge in [0.15, 0.2) is 0 Å². The number of benzene rings is 2. The molecule has 1 heterocycles. The summed E-state index contributed by atoms with van der Waals surface area (Å²) in [4.78, 5) is 14.9. The molecule has 0 aliphatic carbocycles. The van der Waals surface area contributed by atoms with E-state index in [0.717, 1.165) is 24.3 Å². The Bertz CT molecular complexity index is 953. The number of aryl methyl sites for hydroxylation is 1. The number of carbonyl (C=O) groups excluding carboxylic acids is 1. The molecular weight excluding hydrogens is 406 g/mol. The van der Waals surface area contributed by atoms with Gasteiger partial charge in [0.1, 0.15) is 6.04 Å². The summed E-state index contributed by atoms with van der Waals surface area (Å²) in [6.45, 7) is 6.17. The minimum atomic E-state index is -3.97. The highest BCUT2D eigenvalue weighted by Crippen LogP contribution is 2.19. The molecule has 1 saturated heterocycles. The van der Waals surface area contributed by atoms with E-state index in [0.29, 0.717) is 18.9 Å². The molecule has 1 amide bonds. The topological polar surface area (TPSA) is 108 Å². The van der Waals surface area contributed by atoms with E-state index >= 15 is 0 Å². The van der Waals surface area contributed by atoms with Gasteiger partial charge in [0.25, 0.3) is 0 Å². The standard InChI is InChI=1S/C21H27N3O5S/c1-15-3-9-19(10-4-15)30(27,28)23-20(16(2)25)21(26)22-17-5-7-18(8-6-17)24-11-13-29-14-12-24/h3-10,16,20,23,25H,11-14H2,1-2H3,(H,22,26)/t16-,20+/m1/s1. The van der Waals surface area contributed by atoms with Crippen LogP contribution in [0, 0.1) is 6.92 Å². The predicted molar refractivity (Wildman–Crippen MR) is 115 cm³/mol. The van der Waals surface area contributed by atoms with Crippen LogP contribution in [-0.4, -0.2) is 57.9 Å². The van der Waals surface area contributed by atoms with E-state index in [2.05, 4.69) is 14.9 Å². The molecule has 0 radical (unpaired) electrons. The summed E-state index contributed by atoms with van der Waals surface area (Å²) in [6.07, 6.45) is -1.22. The first kappa shape index (κ1) is 22.2. The van der Waals surface area contributed by atoms with Crippen LogP contribution in [0.15, 0.2) is 53.4 Å². The minimum Gasteiger partial charge on any atom is -0.391 e. The number of hydrogen-bond acceptors (Lipinski definition) is 6. The molecule has 1 fully saturated rings. The van der Waals surface area contributed by atoms with Crippen molar-refractivity contribution in [2.75, 3.05) is 36.5 Å². The Kier molecular flexibility index (Phi) is 7.09. The first-order chi connectivity index (χ1) is 14.3. The van der Waals surface area contributed by atoms with Gasteiger partial charge in [-0.2, -0.15) is 4.72 Å². The number of rotatable bonds is 7. The number of nitrogens with zero attached hydrogens (tertiary/aromatic N) is 1. The van der Waals surface area contributed by atoms with Crippen LogP contribution >= 0.6 is 0 Å². The van der Waals surface area contributed by atoms with Gasteiger partial charge < -0.3 is 20.1 Å². The molecule has 2 aromatic carbocycles. The van der Waals surface area contributed by atoms with Crippen molar-refractivity contribution in [1.29, 1.82) is 0 Å². The van der Waals surface area contributed by atoms with Gasteiger partial charge in [-0.25, -0.2) is 8.42 Å². The Morgan fingerprint density at radius 2 is 1.67 bits per heavy atom. The molecule has 3 rings (SSSR count). The Morgan fingerprint density at radius 1 is 1.07 bits per heavy atom. The Hall–Kier alpha value is -2.46. The molecule has 0 saturated carbocycles. The third-order valence-electron chi connectivity index (χ3n) is 4.89. The maximum absolute atomic E-state index is 12.7. The number of anilines is 2. The average Bonchev–Trinajstić information content (AvgIpc) is 2.73. The highest BCUT2D eigenvalue weighted by atomic mass is 32.2. The fourth-order valence-electron chi connectivity index (χ4n) is 3.12. The van der Waals surface area contributed by atoms with Gasteiger partial charge in [-0.1, -0.05) is 17.7 Å². The minimum absolute atomic E-state index is 0.0291. The van der Waals surface area contributed by atoms with Crippen LogP contribution < -0.4 is 14.9 Å². The van der Waals surface area contributed by atoms with Crippen molar-refractivity contribution in [3.05, 3.63) is 54.1 Å². The van der Waals surface area contributed by atoms with Crippen LogP contribution in [0.4, 0.5) is 11.4 Å². The molecule has 1 aliphatic rings. The number of aliphatic hydroxyl groups is 1. The van der Waals surface area contributed by atoms with Crippen molar-refractivity contribution in [3.63, 3.8) is 0 Å². The molecule has 2 aromatic rings. The molecule has 0 spiro atoms. The molecule has 0 unspecified atom stereocenters. The van der Waals surface area contributed by atoms with Crippen molar-refractivity contribution >= 4 is 27.3 Å². The van der Waals surface area contributed by atoms with Gasteiger partial charge in [0.05, 0.1) is 24.2 Å². The van der Waals surface area contributed by atoms with E-state index in [1.165, 1.54) is 19.1 Å². The van der Waals surface area contributed by atoms with Gasteiger partial charge in [0, 0.05) is 24.5 Å². The lowest BCUT2D eigenvalue weighted by Crippen LogP contribution is -2.50. The van der Waals surface area contributed by atoms with E-state index in [1.807, 2.05) is 19.1 Å². The SMILES string of the molecule is Cc1ccc(S(=O)(=O)N[C@H](C(=O)Nc2ccc(N3CCOCC3)cc2)[C@@H](C)O)cc1. The number of nitrogens with one attached hydrogen (secondary N) is 2. The normalized spacial score (nSPS) is 16.7. The molecule has 8 nitrogen and oxygen atoms in total. The number of morpholine rings is 1. The quantitative estimate of drug-likeness (QED) is 0.611. The molecular formula is C21H27N3O5S. The number of aliphatic hydroxyl groups excluding tert-OH is 1. The molecule has 3 N–H and O–H groups in total. The van der Waals surface area contributed by atoms with E-state index < -0.39 is 28.1 Å². The van der Waals surface area contributed by atoms with E-state index in [9.17, 15) is 18.3 Å². The molecule has 30 heavy (non-hydrogen) atoms. The largest absolute Gasteiger partial charge is 0.391 e. The van der Waals surface area contributed by atoms with Crippen LogP contribution in [0.2, 0.25) is 0 Å². The Labute approximate surface area is 176 Å². The highest BCUT2D eigenvalue weighted by molar-refractivity contribution is 7.89. The van der Waals surface area contributed by atoms with Crippen LogP contribution in [-0.2, 0) is 19.6 Å². The first-order valence-corrected chi connectivity index (χ1v) is 11.3. The summed E-state index contributed by atoms with van der Waals surface area (Å²) in [5.74, 6) is -0.639. The maximum atomic E-state index is 12.7.